The molecule has 0 aromatic rings. The molecule has 0 radical (unpaired) electrons. The van der Waals surface area contributed by atoms with Gasteiger partial charge in [-0.3, -0.25) is 4.79 Å². The molecular weight excluding hydrogens is 604 g/mol. The average molecular weight is 645 g/mol. The quantitative estimate of drug-likeness (QED) is 0.0863. The highest BCUT2D eigenvalue weighted by molar-refractivity contribution is 5.87. The van der Waals surface area contributed by atoms with Gasteiger partial charge in [0.25, 0.3) is 0 Å². The standard InChI is InChI=1S/C29H40O16/c1-9-5-12(43-25-17(34)16(33)15(32)13(7-30)44-25)22(36)27(3)11(9)6-14-28-8-41-29(26(39)40-4,23(37)18(35)20(27)28)21(28)19(24(38)45-14)42-10(2)31/h5,11-23,25,30,32-37H,6-8H2,1-4H3/t11?,12-,13+,14+,15+,16+,17+,18?,19+,20?,21+,22+,23?,25+,27-,28+,29-/m0/s1. The molecular formula is C29H40O16. The normalized spacial score (nSPS) is 53.4. The van der Waals surface area contributed by atoms with Crippen LogP contribution in [0.25, 0.3) is 0 Å². The molecule has 1 spiro atoms. The number of aliphatic hydroxyl groups is 7. The fourth-order valence-corrected chi connectivity index (χ4v) is 9.58. The summed E-state index contributed by atoms with van der Waals surface area (Å²) in [5.41, 5.74) is -4.57. The number of esters is 3. The summed E-state index contributed by atoms with van der Waals surface area (Å²) in [7, 11) is 1.05. The molecule has 6 aliphatic rings. The maximum Gasteiger partial charge on any atom is 0.348 e. The van der Waals surface area contributed by atoms with Crippen LogP contribution in [0, 0.1) is 28.6 Å². The molecule has 0 aromatic carbocycles. The molecule has 16 heteroatoms. The Bertz CT molecular complexity index is 1270. The average Bonchev–Trinajstić information content (AvgIpc) is 3.30. The van der Waals surface area contributed by atoms with Gasteiger partial charge in [-0.1, -0.05) is 18.6 Å². The summed E-state index contributed by atoms with van der Waals surface area (Å²) in [6.45, 7) is 3.42. The van der Waals surface area contributed by atoms with Crippen LogP contribution >= 0.6 is 0 Å². The third kappa shape index (κ3) is 4.11. The molecule has 3 aliphatic heterocycles. The first-order chi connectivity index (χ1) is 21.1. The molecule has 3 saturated heterocycles. The molecule has 2 bridgehead atoms. The predicted molar refractivity (Wildman–Crippen MR) is 142 cm³/mol. The molecule has 7 N–H and O–H groups in total. The monoisotopic (exact) mass is 644 g/mol. The van der Waals surface area contributed by atoms with Gasteiger partial charge < -0.3 is 64.2 Å². The maximum atomic E-state index is 13.4. The van der Waals surface area contributed by atoms with Crippen molar-refractivity contribution in [3.63, 3.8) is 0 Å². The first-order valence-electron chi connectivity index (χ1n) is 14.9. The molecule has 3 aliphatic carbocycles. The summed E-state index contributed by atoms with van der Waals surface area (Å²) >= 11 is 0. The largest absolute Gasteiger partial charge is 0.467 e. The summed E-state index contributed by atoms with van der Waals surface area (Å²) in [6, 6.07) is 0. The van der Waals surface area contributed by atoms with Crippen LogP contribution in [0.3, 0.4) is 0 Å². The summed E-state index contributed by atoms with van der Waals surface area (Å²) in [6.07, 6.45) is -15.6. The summed E-state index contributed by atoms with van der Waals surface area (Å²) in [5, 5.41) is 76.5. The highest BCUT2D eigenvalue weighted by Gasteiger charge is 2.85. The van der Waals surface area contributed by atoms with Gasteiger partial charge in [-0.25, -0.2) is 9.59 Å². The second-order valence-corrected chi connectivity index (χ2v) is 13.3. The Labute approximate surface area is 257 Å². The Hall–Kier alpha value is -2.25. The van der Waals surface area contributed by atoms with E-state index in [4.69, 9.17) is 28.4 Å². The fraction of sp³-hybridized carbons (Fsp3) is 0.828. The summed E-state index contributed by atoms with van der Waals surface area (Å²) in [5.74, 6) is -6.04. The van der Waals surface area contributed by atoms with Gasteiger partial charge in [0, 0.05) is 23.7 Å². The highest BCUT2D eigenvalue weighted by atomic mass is 16.7. The van der Waals surface area contributed by atoms with Crippen LogP contribution in [0.2, 0.25) is 0 Å². The van der Waals surface area contributed by atoms with Crippen LogP contribution in [0.15, 0.2) is 11.6 Å². The minimum atomic E-state index is -2.32. The van der Waals surface area contributed by atoms with E-state index in [-0.39, 0.29) is 13.0 Å². The lowest BCUT2D eigenvalue weighted by Crippen LogP contribution is -2.80. The predicted octanol–water partition coefficient (Wildman–Crippen LogP) is -3.73. The molecule has 4 unspecified atom stereocenters. The van der Waals surface area contributed by atoms with Crippen LogP contribution in [0.4, 0.5) is 0 Å². The first-order valence-corrected chi connectivity index (χ1v) is 14.9. The minimum absolute atomic E-state index is 0.0949. The van der Waals surface area contributed by atoms with Crippen LogP contribution in [-0.4, -0.2) is 147 Å². The molecule has 17 atom stereocenters. The zero-order chi connectivity index (χ0) is 33.0. The van der Waals surface area contributed by atoms with Crippen molar-refractivity contribution in [1.82, 2.24) is 0 Å². The van der Waals surface area contributed by atoms with E-state index in [0.29, 0.717) is 5.57 Å². The van der Waals surface area contributed by atoms with Crippen molar-refractivity contribution in [3.8, 4) is 0 Å². The van der Waals surface area contributed by atoms with Crippen LogP contribution in [0.5, 0.6) is 0 Å². The molecule has 6 rings (SSSR count). The van der Waals surface area contributed by atoms with Gasteiger partial charge in [0.1, 0.15) is 42.7 Å². The van der Waals surface area contributed by atoms with Crippen molar-refractivity contribution in [3.05, 3.63) is 11.6 Å². The molecule has 0 amide bonds. The summed E-state index contributed by atoms with van der Waals surface area (Å²) in [4.78, 5) is 39.0. The SMILES string of the molecule is COC(=O)[C@@]12OC[C@]34C(C(O)C1O)[C@]1(C)C(C[C@H]3OC(=O)[C@H](OC(C)=O)[C@H]42)C(C)=C[C@H](O[C@@H]2O[C@H](CO)[C@@H](O)[C@@H](O)[C@H]2O)[C@H]1O. The van der Waals surface area contributed by atoms with Crippen LogP contribution in [-0.2, 0) is 42.8 Å². The first kappa shape index (κ1) is 32.7. The second kappa shape index (κ2) is 10.9. The summed E-state index contributed by atoms with van der Waals surface area (Å²) < 4.78 is 33.9. The van der Waals surface area contributed by atoms with Crippen LogP contribution in [0.1, 0.15) is 27.2 Å². The number of fused-ring (bicyclic) bond motifs is 2. The zero-order valence-electron chi connectivity index (χ0n) is 25.1. The third-order valence-corrected chi connectivity index (χ3v) is 11.4. The van der Waals surface area contributed by atoms with E-state index in [9.17, 15) is 50.1 Å². The molecule has 5 fully saturated rings. The number of allylic oxidation sites excluding steroid dienone is 1. The number of carbonyl (C=O) groups excluding carboxylic acids is 3. The van der Waals surface area contributed by atoms with Crippen molar-refractivity contribution in [2.24, 2.45) is 28.6 Å². The topological polar surface area (TPSA) is 248 Å². The van der Waals surface area contributed by atoms with Gasteiger partial charge >= 0.3 is 17.9 Å². The fourth-order valence-electron chi connectivity index (χ4n) is 9.58. The van der Waals surface area contributed by atoms with Crippen molar-refractivity contribution < 1.29 is 78.6 Å². The maximum absolute atomic E-state index is 13.4. The van der Waals surface area contributed by atoms with Crippen LogP contribution < -0.4 is 0 Å². The Morgan fingerprint density at radius 3 is 2.33 bits per heavy atom. The third-order valence-electron chi connectivity index (χ3n) is 11.4. The van der Waals surface area contributed by atoms with Crippen molar-refractivity contribution in [1.29, 1.82) is 0 Å². The molecule has 0 aromatic heterocycles. The molecule has 252 valence electrons. The Balaban J connectivity index is 1.46. The number of hydrogen-bond donors (Lipinski definition) is 7. The molecule has 16 nitrogen and oxygen atoms in total. The molecule has 3 heterocycles. The smallest absolute Gasteiger partial charge is 0.348 e. The minimum Gasteiger partial charge on any atom is -0.467 e. The Kier molecular flexibility index (Phi) is 7.92. The van der Waals surface area contributed by atoms with Crippen molar-refractivity contribution in [2.45, 2.75) is 100 Å². The number of methoxy groups -OCH3 is 1. The Morgan fingerprint density at radius 2 is 1.71 bits per heavy atom. The number of aliphatic hydroxyl groups excluding tert-OH is 7. The lowest BCUT2D eigenvalue weighted by atomic mass is 9.37. The molecule has 2 saturated carbocycles. The van der Waals surface area contributed by atoms with E-state index in [1.807, 2.05) is 0 Å². The second-order valence-electron chi connectivity index (χ2n) is 13.3. The van der Waals surface area contributed by atoms with E-state index in [1.54, 1.807) is 19.9 Å². The number of ether oxygens (including phenoxy) is 6. The molecule has 45 heavy (non-hydrogen) atoms. The van der Waals surface area contributed by atoms with Crippen molar-refractivity contribution in [2.75, 3.05) is 20.3 Å². The van der Waals surface area contributed by atoms with E-state index in [1.165, 1.54) is 0 Å². The highest BCUT2D eigenvalue weighted by Crippen LogP contribution is 2.72. The van der Waals surface area contributed by atoms with E-state index in [2.05, 4.69) is 0 Å². The van der Waals surface area contributed by atoms with Gasteiger partial charge in [-0.05, 0) is 19.3 Å². The number of hydrogen-bond acceptors (Lipinski definition) is 16. The zero-order valence-corrected chi connectivity index (χ0v) is 25.1. The Morgan fingerprint density at radius 1 is 1.02 bits per heavy atom. The lowest BCUT2D eigenvalue weighted by molar-refractivity contribution is -0.330. The van der Waals surface area contributed by atoms with E-state index < -0.39 is 126 Å². The van der Waals surface area contributed by atoms with Crippen molar-refractivity contribution >= 4 is 17.9 Å². The number of rotatable bonds is 5. The van der Waals surface area contributed by atoms with Gasteiger partial charge in [0.2, 0.25) is 11.7 Å². The van der Waals surface area contributed by atoms with Gasteiger partial charge in [-0.2, -0.15) is 0 Å². The van der Waals surface area contributed by atoms with E-state index in [0.717, 1.165) is 14.0 Å². The lowest BCUT2D eigenvalue weighted by Gasteiger charge is -2.68. The number of carbonyl (C=O) groups is 3. The van der Waals surface area contributed by atoms with Gasteiger partial charge in [0.15, 0.2) is 6.29 Å². The van der Waals surface area contributed by atoms with Gasteiger partial charge in [-0.15, -0.1) is 0 Å². The van der Waals surface area contributed by atoms with E-state index >= 15 is 0 Å². The van der Waals surface area contributed by atoms with Gasteiger partial charge in [0.05, 0.1) is 38.4 Å².